The first-order chi connectivity index (χ1) is 8.95. The van der Waals surface area contributed by atoms with E-state index in [1.807, 2.05) is 0 Å². The Balaban J connectivity index is 2.22. The fourth-order valence-electron chi connectivity index (χ4n) is 2.64. The van der Waals surface area contributed by atoms with Gasteiger partial charge in [0.15, 0.2) is 5.03 Å². The van der Waals surface area contributed by atoms with Crippen LogP contribution in [0.2, 0.25) is 0 Å². The molecule has 19 heavy (non-hydrogen) atoms. The minimum absolute atomic E-state index is 0.00128. The highest BCUT2D eigenvalue weighted by Gasteiger charge is 2.29. The fourth-order valence-corrected chi connectivity index (χ4v) is 4.23. The SMILES string of the molecule is Cc1[nH]nc(S(=O)(=O)NC2CCCCC2C)c1CN. The van der Waals surface area contributed by atoms with Gasteiger partial charge in [-0.2, -0.15) is 5.10 Å². The quantitative estimate of drug-likeness (QED) is 0.769. The van der Waals surface area contributed by atoms with Crippen LogP contribution in [0.1, 0.15) is 43.9 Å². The van der Waals surface area contributed by atoms with Crippen LogP contribution in [-0.2, 0) is 16.6 Å². The zero-order valence-electron chi connectivity index (χ0n) is 11.4. The van der Waals surface area contributed by atoms with Crippen LogP contribution in [0.4, 0.5) is 0 Å². The Bertz CT molecular complexity index is 538. The van der Waals surface area contributed by atoms with Gasteiger partial charge in [0.2, 0.25) is 0 Å². The Morgan fingerprint density at radius 1 is 1.42 bits per heavy atom. The second-order valence-corrected chi connectivity index (χ2v) is 6.96. The Labute approximate surface area is 114 Å². The molecule has 0 bridgehead atoms. The van der Waals surface area contributed by atoms with Crippen molar-refractivity contribution in [2.24, 2.45) is 11.7 Å². The zero-order chi connectivity index (χ0) is 14.0. The van der Waals surface area contributed by atoms with E-state index < -0.39 is 10.0 Å². The molecular formula is C12H22N4O2S. The van der Waals surface area contributed by atoms with Crippen molar-refractivity contribution in [1.29, 1.82) is 0 Å². The van der Waals surface area contributed by atoms with E-state index in [2.05, 4.69) is 21.8 Å². The topological polar surface area (TPSA) is 101 Å². The van der Waals surface area contributed by atoms with Gasteiger partial charge < -0.3 is 5.73 Å². The first-order valence-electron chi connectivity index (χ1n) is 6.72. The Kier molecular flexibility index (Phi) is 4.27. The number of nitrogens with one attached hydrogen (secondary N) is 2. The van der Waals surface area contributed by atoms with Gasteiger partial charge in [-0.1, -0.05) is 19.8 Å². The van der Waals surface area contributed by atoms with E-state index in [0.29, 0.717) is 17.2 Å². The van der Waals surface area contributed by atoms with Gasteiger partial charge in [0.05, 0.1) is 0 Å². The number of aryl methyl sites for hydroxylation is 1. The molecule has 1 aromatic rings. The van der Waals surface area contributed by atoms with E-state index in [-0.39, 0.29) is 17.6 Å². The van der Waals surface area contributed by atoms with Gasteiger partial charge in [0, 0.05) is 23.8 Å². The minimum Gasteiger partial charge on any atom is -0.326 e. The van der Waals surface area contributed by atoms with Crippen LogP contribution in [-0.4, -0.2) is 24.7 Å². The Morgan fingerprint density at radius 2 is 2.11 bits per heavy atom. The molecular weight excluding hydrogens is 264 g/mol. The van der Waals surface area contributed by atoms with Gasteiger partial charge in [-0.05, 0) is 25.7 Å². The molecule has 7 heteroatoms. The van der Waals surface area contributed by atoms with Gasteiger partial charge in [-0.3, -0.25) is 5.10 Å². The van der Waals surface area contributed by atoms with Gasteiger partial charge in [-0.15, -0.1) is 0 Å². The monoisotopic (exact) mass is 286 g/mol. The number of rotatable bonds is 4. The van der Waals surface area contributed by atoms with Gasteiger partial charge in [-0.25, -0.2) is 13.1 Å². The number of hydrogen-bond acceptors (Lipinski definition) is 4. The summed E-state index contributed by atoms with van der Waals surface area (Å²) in [5.41, 5.74) is 6.87. The predicted octanol–water partition coefficient (Wildman–Crippen LogP) is 1.03. The highest BCUT2D eigenvalue weighted by molar-refractivity contribution is 7.89. The lowest BCUT2D eigenvalue weighted by Gasteiger charge is -2.28. The summed E-state index contributed by atoms with van der Waals surface area (Å²) >= 11 is 0. The first-order valence-corrected chi connectivity index (χ1v) is 8.20. The van der Waals surface area contributed by atoms with Crippen molar-refractivity contribution in [2.45, 2.75) is 57.1 Å². The van der Waals surface area contributed by atoms with Crippen LogP contribution in [0, 0.1) is 12.8 Å². The third-order valence-corrected chi connectivity index (χ3v) is 5.37. The second-order valence-electron chi connectivity index (χ2n) is 5.33. The molecule has 1 aliphatic carbocycles. The molecule has 0 spiro atoms. The number of hydrogen-bond donors (Lipinski definition) is 3. The van der Waals surface area contributed by atoms with Crippen LogP contribution in [0.3, 0.4) is 0 Å². The van der Waals surface area contributed by atoms with Crippen LogP contribution < -0.4 is 10.5 Å². The predicted molar refractivity (Wildman–Crippen MR) is 73.0 cm³/mol. The molecule has 1 heterocycles. The van der Waals surface area contributed by atoms with Gasteiger partial charge >= 0.3 is 0 Å². The molecule has 0 radical (unpaired) electrons. The number of nitrogens with two attached hydrogens (primary N) is 1. The number of aromatic amines is 1. The van der Waals surface area contributed by atoms with Crippen molar-refractivity contribution >= 4 is 10.0 Å². The molecule has 108 valence electrons. The van der Waals surface area contributed by atoms with Crippen molar-refractivity contribution in [2.75, 3.05) is 0 Å². The van der Waals surface area contributed by atoms with Crippen LogP contribution in [0.15, 0.2) is 5.03 Å². The molecule has 0 aliphatic heterocycles. The lowest BCUT2D eigenvalue weighted by Crippen LogP contribution is -2.41. The summed E-state index contributed by atoms with van der Waals surface area (Å²) in [5.74, 6) is 0.366. The number of H-pyrrole nitrogens is 1. The molecule has 1 saturated carbocycles. The number of aromatic nitrogens is 2. The van der Waals surface area contributed by atoms with E-state index in [0.717, 1.165) is 19.3 Å². The minimum atomic E-state index is -3.59. The van der Waals surface area contributed by atoms with E-state index >= 15 is 0 Å². The van der Waals surface area contributed by atoms with Crippen molar-refractivity contribution in [3.8, 4) is 0 Å². The molecule has 2 rings (SSSR count). The first kappa shape index (κ1) is 14.5. The molecule has 1 fully saturated rings. The Hall–Kier alpha value is -0.920. The maximum atomic E-state index is 12.4. The molecule has 0 aromatic carbocycles. The van der Waals surface area contributed by atoms with E-state index in [4.69, 9.17) is 5.73 Å². The van der Waals surface area contributed by atoms with E-state index in [1.165, 1.54) is 6.42 Å². The van der Waals surface area contributed by atoms with Crippen LogP contribution in [0.5, 0.6) is 0 Å². The highest BCUT2D eigenvalue weighted by atomic mass is 32.2. The molecule has 0 saturated heterocycles. The second kappa shape index (κ2) is 5.60. The number of sulfonamides is 1. The normalized spacial score (nSPS) is 24.6. The summed E-state index contributed by atoms with van der Waals surface area (Å²) in [6.07, 6.45) is 4.20. The summed E-state index contributed by atoms with van der Waals surface area (Å²) in [4.78, 5) is 0. The zero-order valence-corrected chi connectivity index (χ0v) is 12.3. The van der Waals surface area contributed by atoms with Crippen molar-refractivity contribution < 1.29 is 8.42 Å². The highest BCUT2D eigenvalue weighted by Crippen LogP contribution is 2.25. The maximum absolute atomic E-state index is 12.4. The summed E-state index contributed by atoms with van der Waals surface area (Å²) < 4.78 is 27.6. The smallest absolute Gasteiger partial charge is 0.260 e. The summed E-state index contributed by atoms with van der Waals surface area (Å²) in [7, 11) is -3.59. The standard InChI is InChI=1S/C12H22N4O2S/c1-8-5-3-4-6-11(8)16-19(17,18)12-10(7-13)9(2)14-15-12/h8,11,16H,3-7,13H2,1-2H3,(H,14,15). The molecule has 2 unspecified atom stereocenters. The molecule has 0 amide bonds. The molecule has 6 nitrogen and oxygen atoms in total. The van der Waals surface area contributed by atoms with Gasteiger partial charge in [0.25, 0.3) is 10.0 Å². The maximum Gasteiger partial charge on any atom is 0.260 e. The number of nitrogens with zero attached hydrogens (tertiary/aromatic N) is 1. The van der Waals surface area contributed by atoms with Crippen LogP contribution in [0.25, 0.3) is 0 Å². The van der Waals surface area contributed by atoms with Crippen LogP contribution >= 0.6 is 0 Å². The van der Waals surface area contributed by atoms with E-state index in [1.54, 1.807) is 6.92 Å². The molecule has 1 aromatic heterocycles. The molecule has 2 atom stereocenters. The fraction of sp³-hybridized carbons (Fsp3) is 0.750. The average molecular weight is 286 g/mol. The summed E-state index contributed by atoms with van der Waals surface area (Å²) in [5, 5.41) is 6.63. The Morgan fingerprint density at radius 3 is 2.74 bits per heavy atom. The third-order valence-electron chi connectivity index (χ3n) is 3.91. The van der Waals surface area contributed by atoms with Crippen molar-refractivity contribution in [1.82, 2.24) is 14.9 Å². The van der Waals surface area contributed by atoms with E-state index in [9.17, 15) is 8.42 Å². The summed E-state index contributed by atoms with van der Waals surface area (Å²) in [6.45, 7) is 4.03. The molecule has 4 N–H and O–H groups in total. The van der Waals surface area contributed by atoms with Gasteiger partial charge in [0.1, 0.15) is 0 Å². The third kappa shape index (κ3) is 2.98. The summed E-state index contributed by atoms with van der Waals surface area (Å²) in [6, 6.07) is 0.00128. The molecule has 1 aliphatic rings. The average Bonchev–Trinajstić information content (AvgIpc) is 2.74. The van der Waals surface area contributed by atoms with Crippen molar-refractivity contribution in [3.05, 3.63) is 11.3 Å². The lowest BCUT2D eigenvalue weighted by atomic mass is 9.87. The lowest BCUT2D eigenvalue weighted by molar-refractivity contribution is 0.310. The largest absolute Gasteiger partial charge is 0.326 e. The van der Waals surface area contributed by atoms with Crippen molar-refractivity contribution in [3.63, 3.8) is 0 Å².